The Morgan fingerprint density at radius 1 is 0.861 bits per heavy atom. The molecule has 36 heavy (non-hydrogen) atoms. The summed E-state index contributed by atoms with van der Waals surface area (Å²) in [7, 11) is 0. The predicted molar refractivity (Wildman–Crippen MR) is 136 cm³/mol. The summed E-state index contributed by atoms with van der Waals surface area (Å²) in [6, 6.07) is 14.6. The molecule has 0 aliphatic carbocycles. The number of nitrogens with zero attached hydrogens (tertiary/aromatic N) is 3. The number of halogens is 2. The van der Waals surface area contributed by atoms with Crippen LogP contribution in [0.15, 0.2) is 60.0 Å². The Balaban J connectivity index is 1.23. The lowest BCUT2D eigenvalue weighted by Crippen LogP contribution is -2.45. The minimum atomic E-state index is -0.321. The molecule has 188 valence electrons. The highest BCUT2D eigenvalue weighted by Gasteiger charge is 2.32. The molecule has 0 bridgehead atoms. The Bertz CT molecular complexity index is 1230. The SMILES string of the molecule is O=C(Cc1ccc(F)cc1)N1CCCN(C(=O)CN2CCc3sccc3[C@@H]2c2cccc(F)c2)CC1. The fourth-order valence-electron chi connectivity index (χ4n) is 5.18. The maximum Gasteiger partial charge on any atom is 0.236 e. The van der Waals surface area contributed by atoms with Gasteiger partial charge >= 0.3 is 0 Å². The molecular weight excluding hydrogens is 480 g/mol. The van der Waals surface area contributed by atoms with E-state index in [4.69, 9.17) is 0 Å². The van der Waals surface area contributed by atoms with Gasteiger partial charge in [-0.2, -0.15) is 0 Å². The fraction of sp³-hybridized carbons (Fsp3) is 0.357. The minimum absolute atomic E-state index is 0.0110. The first-order valence-electron chi connectivity index (χ1n) is 12.3. The third-order valence-electron chi connectivity index (χ3n) is 7.04. The molecule has 1 atom stereocenters. The second-order valence-corrected chi connectivity index (χ2v) is 10.4. The van der Waals surface area contributed by atoms with Crippen molar-refractivity contribution in [1.29, 1.82) is 0 Å². The molecule has 8 heteroatoms. The van der Waals surface area contributed by atoms with E-state index in [1.165, 1.54) is 23.1 Å². The van der Waals surface area contributed by atoms with E-state index in [0.717, 1.165) is 29.7 Å². The van der Waals surface area contributed by atoms with E-state index in [1.807, 2.05) is 11.0 Å². The Kier molecular flexibility index (Phi) is 7.43. The van der Waals surface area contributed by atoms with Crippen LogP contribution in [-0.2, 0) is 22.4 Å². The van der Waals surface area contributed by atoms with Crippen LogP contribution in [0.4, 0.5) is 8.78 Å². The third kappa shape index (κ3) is 5.50. The zero-order valence-electron chi connectivity index (χ0n) is 20.0. The molecule has 1 saturated heterocycles. The van der Waals surface area contributed by atoms with Crippen molar-refractivity contribution in [2.45, 2.75) is 25.3 Å². The second-order valence-electron chi connectivity index (χ2n) is 9.40. The Labute approximate surface area is 213 Å². The summed E-state index contributed by atoms with van der Waals surface area (Å²) in [6.45, 7) is 3.14. The fourth-order valence-corrected chi connectivity index (χ4v) is 6.09. The first-order valence-corrected chi connectivity index (χ1v) is 13.2. The first kappa shape index (κ1) is 24.6. The van der Waals surface area contributed by atoms with Crippen molar-refractivity contribution in [3.8, 4) is 0 Å². The Morgan fingerprint density at radius 2 is 1.61 bits per heavy atom. The van der Waals surface area contributed by atoms with E-state index in [-0.39, 0.29) is 42.5 Å². The van der Waals surface area contributed by atoms with Gasteiger partial charge in [0.2, 0.25) is 11.8 Å². The number of carbonyl (C=O) groups excluding carboxylic acids is 2. The van der Waals surface area contributed by atoms with Gasteiger partial charge in [-0.3, -0.25) is 14.5 Å². The van der Waals surface area contributed by atoms with Crippen molar-refractivity contribution in [3.63, 3.8) is 0 Å². The lowest BCUT2D eigenvalue weighted by Gasteiger charge is -2.37. The lowest BCUT2D eigenvalue weighted by molar-refractivity contribution is -0.134. The van der Waals surface area contributed by atoms with Crippen molar-refractivity contribution in [2.24, 2.45) is 0 Å². The van der Waals surface area contributed by atoms with Crippen LogP contribution >= 0.6 is 11.3 Å². The van der Waals surface area contributed by atoms with Gasteiger partial charge in [0.1, 0.15) is 11.6 Å². The van der Waals surface area contributed by atoms with Crippen LogP contribution < -0.4 is 0 Å². The van der Waals surface area contributed by atoms with Crippen LogP contribution in [-0.4, -0.2) is 65.8 Å². The first-order chi connectivity index (χ1) is 17.5. The molecule has 0 radical (unpaired) electrons. The van der Waals surface area contributed by atoms with Gasteiger partial charge in [-0.1, -0.05) is 24.3 Å². The molecule has 2 aliphatic heterocycles. The maximum atomic E-state index is 14.1. The Morgan fingerprint density at radius 3 is 2.36 bits per heavy atom. The summed E-state index contributed by atoms with van der Waals surface area (Å²) in [5.74, 6) is -0.580. The zero-order chi connectivity index (χ0) is 25.1. The molecule has 0 spiro atoms. The number of amides is 2. The molecular formula is C28H29F2N3O2S. The zero-order valence-corrected chi connectivity index (χ0v) is 20.9. The highest BCUT2D eigenvalue weighted by molar-refractivity contribution is 7.10. The van der Waals surface area contributed by atoms with Gasteiger partial charge in [0.05, 0.1) is 19.0 Å². The molecule has 3 aromatic rings. The van der Waals surface area contributed by atoms with Gasteiger partial charge in [-0.15, -0.1) is 11.3 Å². The van der Waals surface area contributed by atoms with Crippen molar-refractivity contribution < 1.29 is 18.4 Å². The molecule has 0 N–H and O–H groups in total. The average molecular weight is 510 g/mol. The quantitative estimate of drug-likeness (QED) is 0.516. The second kappa shape index (κ2) is 10.9. The molecule has 1 aromatic heterocycles. The number of rotatable bonds is 5. The molecule has 5 rings (SSSR count). The van der Waals surface area contributed by atoms with Crippen LogP contribution in [0.3, 0.4) is 0 Å². The number of hydrogen-bond acceptors (Lipinski definition) is 4. The van der Waals surface area contributed by atoms with Crippen molar-refractivity contribution in [3.05, 3.63) is 93.2 Å². The number of benzene rings is 2. The van der Waals surface area contributed by atoms with Gasteiger partial charge < -0.3 is 9.80 Å². The van der Waals surface area contributed by atoms with Crippen LogP contribution in [0.5, 0.6) is 0 Å². The van der Waals surface area contributed by atoms with E-state index in [9.17, 15) is 18.4 Å². The number of carbonyl (C=O) groups is 2. The molecule has 2 aliphatic rings. The van der Waals surface area contributed by atoms with Gasteiger partial charge in [0.15, 0.2) is 0 Å². The summed E-state index contributed by atoms with van der Waals surface area (Å²) < 4.78 is 27.2. The molecule has 0 unspecified atom stereocenters. The van der Waals surface area contributed by atoms with Crippen molar-refractivity contribution >= 4 is 23.2 Å². The minimum Gasteiger partial charge on any atom is -0.341 e. The monoisotopic (exact) mass is 509 g/mol. The normalized spacial score (nSPS) is 18.6. The lowest BCUT2D eigenvalue weighted by atomic mass is 9.93. The van der Waals surface area contributed by atoms with E-state index in [2.05, 4.69) is 16.3 Å². The largest absolute Gasteiger partial charge is 0.341 e. The summed E-state index contributed by atoms with van der Waals surface area (Å²) in [5, 5.41) is 2.06. The standard InChI is InChI=1S/C28H29F2N3O2S/c29-22-7-5-20(6-8-22)17-26(34)31-11-2-12-32(15-14-31)27(35)19-33-13-9-25-24(10-16-36-25)28(33)21-3-1-4-23(30)18-21/h1,3-8,10,16,18,28H,2,9,11-15,17,19H2/t28-/m0/s1. The highest BCUT2D eigenvalue weighted by atomic mass is 32.1. The molecule has 5 nitrogen and oxygen atoms in total. The van der Waals surface area contributed by atoms with Gasteiger partial charge in [0, 0.05) is 37.6 Å². The molecule has 2 aromatic carbocycles. The predicted octanol–water partition coefficient (Wildman–Crippen LogP) is 4.28. The summed E-state index contributed by atoms with van der Waals surface area (Å²) in [5.41, 5.74) is 2.79. The topological polar surface area (TPSA) is 43.9 Å². The van der Waals surface area contributed by atoms with E-state index in [0.29, 0.717) is 32.6 Å². The number of thiophene rings is 1. The van der Waals surface area contributed by atoms with E-state index in [1.54, 1.807) is 40.5 Å². The number of hydrogen-bond donors (Lipinski definition) is 0. The smallest absolute Gasteiger partial charge is 0.236 e. The van der Waals surface area contributed by atoms with Crippen molar-refractivity contribution in [1.82, 2.24) is 14.7 Å². The van der Waals surface area contributed by atoms with Gasteiger partial charge in [-0.25, -0.2) is 8.78 Å². The van der Waals surface area contributed by atoms with Gasteiger partial charge in [-0.05, 0) is 65.2 Å². The molecule has 0 saturated carbocycles. The van der Waals surface area contributed by atoms with Crippen LogP contribution in [0.1, 0.15) is 34.0 Å². The summed E-state index contributed by atoms with van der Waals surface area (Å²) in [4.78, 5) is 33.3. The molecule has 2 amide bonds. The highest BCUT2D eigenvalue weighted by Crippen LogP contribution is 2.37. The van der Waals surface area contributed by atoms with Crippen LogP contribution in [0.2, 0.25) is 0 Å². The number of fused-ring (bicyclic) bond motifs is 1. The molecule has 3 heterocycles. The van der Waals surface area contributed by atoms with Crippen LogP contribution in [0, 0.1) is 11.6 Å². The average Bonchev–Trinajstić information content (AvgIpc) is 3.20. The summed E-state index contributed by atoms with van der Waals surface area (Å²) >= 11 is 1.71. The third-order valence-corrected chi connectivity index (χ3v) is 8.03. The Hall–Kier alpha value is -3.10. The van der Waals surface area contributed by atoms with E-state index < -0.39 is 0 Å². The molecule has 1 fully saturated rings. The van der Waals surface area contributed by atoms with Gasteiger partial charge in [0.25, 0.3) is 0 Å². The maximum absolute atomic E-state index is 14.1. The van der Waals surface area contributed by atoms with E-state index >= 15 is 0 Å². The van der Waals surface area contributed by atoms with Crippen molar-refractivity contribution in [2.75, 3.05) is 39.3 Å². The summed E-state index contributed by atoms with van der Waals surface area (Å²) in [6.07, 6.45) is 1.81. The van der Waals surface area contributed by atoms with Crippen LogP contribution in [0.25, 0.3) is 0 Å².